The molecule has 5 rings (SSSR count). The Kier molecular flexibility index (Phi) is 4.89. The Morgan fingerprint density at radius 2 is 1.81 bits per heavy atom. The van der Waals surface area contributed by atoms with E-state index in [0.717, 1.165) is 33.8 Å². The summed E-state index contributed by atoms with van der Waals surface area (Å²) in [6.07, 6.45) is 0.834. The van der Waals surface area contributed by atoms with Gasteiger partial charge in [0.2, 0.25) is 0 Å². The SMILES string of the molecule is COc1ccc(-c2c(C(C)C)nn3c4c(nnc23)C(=O)CC(c2ccccc2O)C4)cc1. The predicted octanol–water partition coefficient (Wildman–Crippen LogP) is 4.54. The van der Waals surface area contributed by atoms with E-state index in [-0.39, 0.29) is 29.8 Å². The summed E-state index contributed by atoms with van der Waals surface area (Å²) in [4.78, 5) is 13.0. The van der Waals surface area contributed by atoms with Gasteiger partial charge in [-0.3, -0.25) is 4.79 Å². The van der Waals surface area contributed by atoms with Crippen molar-refractivity contribution in [2.24, 2.45) is 0 Å². The molecule has 2 aromatic carbocycles. The molecule has 162 valence electrons. The predicted molar refractivity (Wildman–Crippen MR) is 120 cm³/mol. The lowest BCUT2D eigenvalue weighted by molar-refractivity contribution is 0.0955. The van der Waals surface area contributed by atoms with Gasteiger partial charge in [0.15, 0.2) is 17.1 Å². The van der Waals surface area contributed by atoms with Crippen LogP contribution < -0.4 is 4.74 Å². The van der Waals surface area contributed by atoms with Crippen LogP contribution in [-0.2, 0) is 6.42 Å². The molecule has 0 saturated carbocycles. The summed E-state index contributed by atoms with van der Waals surface area (Å²) in [5.41, 5.74) is 5.28. The molecule has 0 amide bonds. The van der Waals surface area contributed by atoms with Crippen molar-refractivity contribution in [1.82, 2.24) is 19.8 Å². The van der Waals surface area contributed by atoms with E-state index < -0.39 is 0 Å². The van der Waals surface area contributed by atoms with Crippen molar-refractivity contribution in [2.45, 2.75) is 38.5 Å². The maximum absolute atomic E-state index is 13.0. The van der Waals surface area contributed by atoms with Crippen LogP contribution in [0, 0.1) is 0 Å². The molecule has 1 aliphatic rings. The van der Waals surface area contributed by atoms with E-state index in [1.807, 2.05) is 36.4 Å². The first kappa shape index (κ1) is 20.2. The average Bonchev–Trinajstić information content (AvgIpc) is 3.20. The number of aromatic hydroxyl groups is 1. The van der Waals surface area contributed by atoms with Crippen LogP contribution in [0.5, 0.6) is 11.5 Å². The van der Waals surface area contributed by atoms with Gasteiger partial charge in [-0.05, 0) is 41.7 Å². The Balaban J connectivity index is 1.69. The maximum Gasteiger partial charge on any atom is 0.185 e. The highest BCUT2D eigenvalue weighted by Gasteiger charge is 2.33. The molecule has 0 aliphatic heterocycles. The van der Waals surface area contributed by atoms with Crippen LogP contribution in [-0.4, -0.2) is 37.8 Å². The molecule has 4 aromatic rings. The number of nitrogens with zero attached hydrogens (tertiary/aromatic N) is 4. The number of carbonyl (C=O) groups excluding carboxylic acids is 1. The summed E-state index contributed by atoms with van der Waals surface area (Å²) in [5, 5.41) is 24.0. The number of aromatic nitrogens is 4. The van der Waals surface area contributed by atoms with Crippen LogP contribution >= 0.6 is 0 Å². The maximum atomic E-state index is 13.0. The van der Waals surface area contributed by atoms with Gasteiger partial charge in [0.25, 0.3) is 0 Å². The summed E-state index contributed by atoms with van der Waals surface area (Å²) >= 11 is 0. The molecule has 1 unspecified atom stereocenters. The number of fused-ring (bicyclic) bond motifs is 3. The number of benzene rings is 2. The summed E-state index contributed by atoms with van der Waals surface area (Å²) in [5.74, 6) is 0.907. The Hall–Kier alpha value is -3.74. The van der Waals surface area contributed by atoms with E-state index in [1.54, 1.807) is 23.8 Å². The van der Waals surface area contributed by atoms with E-state index >= 15 is 0 Å². The van der Waals surface area contributed by atoms with Gasteiger partial charge in [-0.1, -0.05) is 44.2 Å². The quantitative estimate of drug-likeness (QED) is 0.513. The number of phenols is 1. The fourth-order valence-electron chi connectivity index (χ4n) is 4.48. The van der Waals surface area contributed by atoms with Crippen LogP contribution in [0.2, 0.25) is 0 Å². The minimum Gasteiger partial charge on any atom is -0.508 e. The highest BCUT2D eigenvalue weighted by molar-refractivity contribution is 5.97. The number of para-hydroxylation sites is 1. The zero-order valence-electron chi connectivity index (χ0n) is 18.2. The third-order valence-electron chi connectivity index (χ3n) is 6.10. The van der Waals surface area contributed by atoms with Crippen LogP contribution in [0.15, 0.2) is 48.5 Å². The largest absolute Gasteiger partial charge is 0.508 e. The lowest BCUT2D eigenvalue weighted by Crippen LogP contribution is -2.24. The van der Waals surface area contributed by atoms with E-state index in [4.69, 9.17) is 9.84 Å². The molecule has 0 bridgehead atoms. The number of hydrogen-bond acceptors (Lipinski definition) is 6. The van der Waals surface area contributed by atoms with Crippen molar-refractivity contribution in [3.8, 4) is 22.6 Å². The highest BCUT2D eigenvalue weighted by atomic mass is 16.5. The van der Waals surface area contributed by atoms with Gasteiger partial charge >= 0.3 is 0 Å². The average molecular weight is 428 g/mol. The summed E-state index contributed by atoms with van der Waals surface area (Å²) in [6, 6.07) is 15.0. The van der Waals surface area contributed by atoms with Gasteiger partial charge < -0.3 is 9.84 Å². The first-order chi connectivity index (χ1) is 15.5. The van der Waals surface area contributed by atoms with Crippen molar-refractivity contribution in [2.75, 3.05) is 7.11 Å². The Morgan fingerprint density at radius 3 is 2.50 bits per heavy atom. The van der Waals surface area contributed by atoms with E-state index in [1.165, 1.54) is 0 Å². The van der Waals surface area contributed by atoms with Crippen molar-refractivity contribution in [1.29, 1.82) is 0 Å². The smallest absolute Gasteiger partial charge is 0.185 e. The number of rotatable bonds is 4. The number of Topliss-reactive ketones (excluding diaryl/α,β-unsaturated/α-hetero) is 1. The molecule has 0 spiro atoms. The summed E-state index contributed by atoms with van der Waals surface area (Å²) < 4.78 is 7.07. The normalized spacial score (nSPS) is 15.9. The molecule has 1 atom stereocenters. The number of ketones is 1. The zero-order chi connectivity index (χ0) is 22.4. The van der Waals surface area contributed by atoms with Crippen LogP contribution in [0.4, 0.5) is 0 Å². The second-order valence-corrected chi connectivity index (χ2v) is 8.46. The molecule has 7 heteroatoms. The summed E-state index contributed by atoms with van der Waals surface area (Å²) in [7, 11) is 1.64. The molecule has 32 heavy (non-hydrogen) atoms. The number of methoxy groups -OCH3 is 1. The second kappa shape index (κ2) is 7.75. The standard InChI is InChI=1S/C25H24N4O3/c1-14(2)23-22(15-8-10-17(32-3)11-9-15)25-27-26-24-19(29(25)28-23)12-16(13-21(24)31)18-6-4-5-7-20(18)30/h4-11,14,16,30H,12-13H2,1-3H3. The Morgan fingerprint density at radius 1 is 1.06 bits per heavy atom. The second-order valence-electron chi connectivity index (χ2n) is 8.46. The lowest BCUT2D eigenvalue weighted by Gasteiger charge is -2.23. The zero-order valence-corrected chi connectivity index (χ0v) is 18.2. The molecule has 7 nitrogen and oxygen atoms in total. The highest BCUT2D eigenvalue weighted by Crippen LogP contribution is 2.38. The molecule has 0 fully saturated rings. The van der Waals surface area contributed by atoms with Crippen LogP contribution in [0.25, 0.3) is 16.8 Å². The number of phenolic OH excluding ortho intramolecular Hbond substituents is 1. The van der Waals surface area contributed by atoms with Crippen LogP contribution in [0.3, 0.4) is 0 Å². The number of ether oxygens (including phenoxy) is 1. The monoisotopic (exact) mass is 428 g/mol. The number of carbonyl (C=O) groups is 1. The third-order valence-corrected chi connectivity index (χ3v) is 6.10. The van der Waals surface area contributed by atoms with Crippen molar-refractivity contribution in [3.05, 3.63) is 71.2 Å². The first-order valence-corrected chi connectivity index (χ1v) is 10.7. The fraction of sp³-hybridized carbons (Fsp3) is 0.280. The van der Waals surface area contributed by atoms with Gasteiger partial charge in [-0.2, -0.15) is 5.10 Å². The van der Waals surface area contributed by atoms with Crippen molar-refractivity contribution in [3.63, 3.8) is 0 Å². The first-order valence-electron chi connectivity index (χ1n) is 10.7. The fourth-order valence-corrected chi connectivity index (χ4v) is 4.48. The van der Waals surface area contributed by atoms with Crippen molar-refractivity contribution < 1.29 is 14.6 Å². The van der Waals surface area contributed by atoms with E-state index in [9.17, 15) is 9.90 Å². The molecular formula is C25H24N4O3. The molecular weight excluding hydrogens is 404 g/mol. The van der Waals surface area contributed by atoms with Gasteiger partial charge in [-0.25, -0.2) is 4.52 Å². The lowest BCUT2D eigenvalue weighted by atomic mass is 9.83. The van der Waals surface area contributed by atoms with E-state index in [2.05, 4.69) is 24.0 Å². The molecule has 1 aliphatic carbocycles. The van der Waals surface area contributed by atoms with Gasteiger partial charge in [0, 0.05) is 12.3 Å². The minimum atomic E-state index is -0.139. The Bertz CT molecular complexity index is 1330. The molecule has 1 N–H and O–H groups in total. The van der Waals surface area contributed by atoms with Gasteiger partial charge in [-0.15, -0.1) is 10.2 Å². The van der Waals surface area contributed by atoms with Gasteiger partial charge in [0.05, 0.1) is 24.1 Å². The van der Waals surface area contributed by atoms with Crippen LogP contribution in [0.1, 0.15) is 59.5 Å². The summed E-state index contributed by atoms with van der Waals surface area (Å²) in [6.45, 7) is 4.18. The third kappa shape index (κ3) is 3.21. The number of hydrogen-bond donors (Lipinski definition) is 1. The van der Waals surface area contributed by atoms with E-state index in [0.29, 0.717) is 17.8 Å². The van der Waals surface area contributed by atoms with Gasteiger partial charge in [0.1, 0.15) is 11.5 Å². The Labute approximate surface area is 185 Å². The molecule has 0 radical (unpaired) electrons. The molecule has 2 aromatic heterocycles. The van der Waals surface area contributed by atoms with Crippen molar-refractivity contribution >= 4 is 11.4 Å². The minimum absolute atomic E-state index is 0.0819. The molecule has 0 saturated heterocycles. The molecule has 2 heterocycles. The topological polar surface area (TPSA) is 89.6 Å².